The zero-order valence-electron chi connectivity index (χ0n) is 9.60. The third kappa shape index (κ3) is 1.94. The Balaban J connectivity index is 1.83. The summed E-state index contributed by atoms with van der Waals surface area (Å²) in [5.74, 6) is -0.970. The Hall–Kier alpha value is -1.39. The molecule has 4 nitrogen and oxygen atoms in total. The van der Waals surface area contributed by atoms with E-state index in [0.29, 0.717) is 5.56 Å². The van der Waals surface area contributed by atoms with E-state index in [2.05, 4.69) is 4.90 Å². The smallest absolute Gasteiger partial charge is 0.325 e. The molecule has 1 aromatic carbocycles. The van der Waals surface area contributed by atoms with Crippen molar-refractivity contribution in [1.29, 1.82) is 0 Å². The Bertz CT molecular complexity index is 468. The van der Waals surface area contributed by atoms with Crippen LogP contribution in [-0.4, -0.2) is 22.0 Å². The molecule has 90 valence electrons. The highest BCUT2D eigenvalue weighted by molar-refractivity contribution is 5.75. The Morgan fingerprint density at radius 1 is 1.35 bits per heavy atom. The molecule has 0 radical (unpaired) electrons. The molecule has 2 aliphatic rings. The van der Waals surface area contributed by atoms with Gasteiger partial charge >= 0.3 is 5.97 Å². The van der Waals surface area contributed by atoms with Gasteiger partial charge in [-0.2, -0.15) is 0 Å². The lowest BCUT2D eigenvalue weighted by Crippen LogP contribution is -2.20. The zero-order chi connectivity index (χ0) is 12.0. The lowest BCUT2D eigenvalue weighted by molar-refractivity contribution is -0.138. The molecule has 1 aliphatic heterocycles. The summed E-state index contributed by atoms with van der Waals surface area (Å²) in [5, 5.41) is 8.90. The van der Waals surface area contributed by atoms with Crippen molar-refractivity contribution >= 4 is 5.97 Å². The zero-order valence-corrected chi connectivity index (χ0v) is 9.60. The predicted molar refractivity (Wildman–Crippen MR) is 63.3 cm³/mol. The van der Waals surface area contributed by atoms with Gasteiger partial charge in [0, 0.05) is 19.1 Å². The molecule has 1 aromatic rings. The van der Waals surface area contributed by atoms with E-state index in [-0.39, 0.29) is 0 Å². The number of aliphatic carboxylic acids is 1. The van der Waals surface area contributed by atoms with Gasteiger partial charge in [0.05, 0.1) is 0 Å². The molecule has 0 amide bonds. The molecule has 0 bridgehead atoms. The third-order valence-corrected chi connectivity index (χ3v) is 3.67. The fourth-order valence-electron chi connectivity index (χ4n) is 2.47. The molecule has 4 heteroatoms. The van der Waals surface area contributed by atoms with Crippen molar-refractivity contribution in [3.05, 3.63) is 34.9 Å². The van der Waals surface area contributed by atoms with Crippen molar-refractivity contribution < 1.29 is 9.90 Å². The van der Waals surface area contributed by atoms with E-state index in [9.17, 15) is 4.79 Å². The molecule has 1 saturated carbocycles. The summed E-state index contributed by atoms with van der Waals surface area (Å²) in [7, 11) is 0. The van der Waals surface area contributed by atoms with E-state index in [1.165, 1.54) is 24.0 Å². The van der Waals surface area contributed by atoms with E-state index in [1.807, 2.05) is 18.2 Å². The molecule has 17 heavy (non-hydrogen) atoms. The molecule has 0 spiro atoms. The Morgan fingerprint density at radius 3 is 2.71 bits per heavy atom. The molecular formula is C13H16N2O2. The first-order valence-corrected chi connectivity index (χ1v) is 5.99. The number of fused-ring (bicyclic) bond motifs is 1. The van der Waals surface area contributed by atoms with Crippen molar-refractivity contribution in [3.63, 3.8) is 0 Å². The maximum atomic E-state index is 10.8. The van der Waals surface area contributed by atoms with Crippen LogP contribution in [0.4, 0.5) is 0 Å². The number of rotatable bonds is 3. The second-order valence-corrected chi connectivity index (χ2v) is 4.98. The standard InChI is InChI=1S/C13H16N2O2/c14-12(13(16)17)8-1-2-9-6-15(11-3-4-11)7-10(9)5-8/h1-2,5,11-12H,3-4,6-7,14H2,(H,16,17). The minimum atomic E-state index is -0.970. The topological polar surface area (TPSA) is 66.6 Å². The highest BCUT2D eigenvalue weighted by atomic mass is 16.4. The van der Waals surface area contributed by atoms with Crippen LogP contribution in [0.25, 0.3) is 0 Å². The van der Waals surface area contributed by atoms with Crippen LogP contribution in [0, 0.1) is 0 Å². The van der Waals surface area contributed by atoms with Crippen LogP contribution in [0.1, 0.15) is 35.6 Å². The lowest BCUT2D eigenvalue weighted by atomic mass is 10.0. The van der Waals surface area contributed by atoms with Crippen LogP contribution >= 0.6 is 0 Å². The first-order valence-electron chi connectivity index (χ1n) is 5.99. The molecule has 1 unspecified atom stereocenters. The van der Waals surface area contributed by atoms with Crippen LogP contribution < -0.4 is 5.73 Å². The van der Waals surface area contributed by atoms with Gasteiger partial charge < -0.3 is 10.8 Å². The Labute approximate surface area is 100 Å². The van der Waals surface area contributed by atoms with Crippen LogP contribution in [0.3, 0.4) is 0 Å². The van der Waals surface area contributed by atoms with Crippen molar-refractivity contribution in [3.8, 4) is 0 Å². The van der Waals surface area contributed by atoms with Crippen molar-refractivity contribution in [2.75, 3.05) is 0 Å². The van der Waals surface area contributed by atoms with E-state index in [4.69, 9.17) is 10.8 Å². The van der Waals surface area contributed by atoms with Gasteiger partial charge in [-0.15, -0.1) is 0 Å². The average Bonchev–Trinajstić information content (AvgIpc) is 3.07. The third-order valence-electron chi connectivity index (χ3n) is 3.67. The van der Waals surface area contributed by atoms with Gasteiger partial charge in [-0.25, -0.2) is 0 Å². The fourth-order valence-corrected chi connectivity index (χ4v) is 2.47. The van der Waals surface area contributed by atoms with E-state index in [1.54, 1.807) is 0 Å². The van der Waals surface area contributed by atoms with Gasteiger partial charge in [-0.1, -0.05) is 18.2 Å². The predicted octanol–water partition coefficient (Wildman–Crippen LogP) is 1.25. The summed E-state index contributed by atoms with van der Waals surface area (Å²) in [4.78, 5) is 13.3. The molecule has 1 atom stereocenters. The maximum Gasteiger partial charge on any atom is 0.325 e. The minimum absolute atomic E-state index is 0.703. The van der Waals surface area contributed by atoms with E-state index >= 15 is 0 Å². The van der Waals surface area contributed by atoms with Gasteiger partial charge in [0.2, 0.25) is 0 Å². The molecule has 0 saturated heterocycles. The number of hydrogen-bond donors (Lipinski definition) is 2. The normalized spacial score (nSPS) is 21.2. The number of carbonyl (C=O) groups is 1. The molecular weight excluding hydrogens is 216 g/mol. The minimum Gasteiger partial charge on any atom is -0.480 e. The summed E-state index contributed by atoms with van der Waals surface area (Å²) >= 11 is 0. The summed E-state index contributed by atoms with van der Waals surface area (Å²) in [6, 6.07) is 5.66. The molecule has 0 aromatic heterocycles. The van der Waals surface area contributed by atoms with Gasteiger partial charge in [-0.3, -0.25) is 9.69 Å². The Kier molecular flexibility index (Phi) is 2.42. The van der Waals surface area contributed by atoms with Crippen LogP contribution in [-0.2, 0) is 17.9 Å². The van der Waals surface area contributed by atoms with Gasteiger partial charge in [0.15, 0.2) is 0 Å². The summed E-state index contributed by atoms with van der Waals surface area (Å²) in [5.41, 5.74) is 8.89. The van der Waals surface area contributed by atoms with E-state index < -0.39 is 12.0 Å². The second-order valence-electron chi connectivity index (χ2n) is 4.98. The highest BCUT2D eigenvalue weighted by Gasteiger charge is 2.33. The van der Waals surface area contributed by atoms with Gasteiger partial charge in [0.25, 0.3) is 0 Å². The molecule has 1 aliphatic carbocycles. The SMILES string of the molecule is NC(C(=O)O)c1ccc2c(c1)CN(C1CC1)C2. The molecule has 1 heterocycles. The van der Waals surface area contributed by atoms with Crippen molar-refractivity contribution in [2.24, 2.45) is 5.73 Å². The van der Waals surface area contributed by atoms with Crippen molar-refractivity contribution in [2.45, 2.75) is 38.0 Å². The summed E-state index contributed by atoms with van der Waals surface area (Å²) < 4.78 is 0. The highest BCUT2D eigenvalue weighted by Crippen LogP contribution is 2.35. The average molecular weight is 232 g/mol. The number of benzene rings is 1. The van der Waals surface area contributed by atoms with Gasteiger partial charge in [-0.05, 0) is 29.5 Å². The number of carboxylic acids is 1. The quantitative estimate of drug-likeness (QED) is 0.823. The fraction of sp³-hybridized carbons (Fsp3) is 0.462. The summed E-state index contributed by atoms with van der Waals surface area (Å²) in [6.07, 6.45) is 2.60. The van der Waals surface area contributed by atoms with Crippen LogP contribution in [0.5, 0.6) is 0 Å². The number of carboxylic acid groups (broad SMARTS) is 1. The molecule has 3 rings (SSSR count). The van der Waals surface area contributed by atoms with Crippen molar-refractivity contribution in [1.82, 2.24) is 4.90 Å². The van der Waals surface area contributed by atoms with E-state index in [0.717, 1.165) is 19.1 Å². The second kappa shape index (κ2) is 3.82. The number of hydrogen-bond acceptors (Lipinski definition) is 3. The first kappa shape index (κ1) is 10.7. The Morgan fingerprint density at radius 2 is 2.06 bits per heavy atom. The molecule has 3 N–H and O–H groups in total. The van der Waals surface area contributed by atoms with Crippen LogP contribution in [0.2, 0.25) is 0 Å². The number of nitrogens with two attached hydrogens (primary N) is 1. The van der Waals surface area contributed by atoms with Crippen LogP contribution in [0.15, 0.2) is 18.2 Å². The monoisotopic (exact) mass is 232 g/mol. The summed E-state index contributed by atoms with van der Waals surface area (Å²) in [6.45, 7) is 1.95. The number of nitrogens with zero attached hydrogens (tertiary/aromatic N) is 1. The van der Waals surface area contributed by atoms with Gasteiger partial charge in [0.1, 0.15) is 6.04 Å². The maximum absolute atomic E-state index is 10.8. The first-order chi connectivity index (χ1) is 8.15. The molecule has 1 fully saturated rings. The lowest BCUT2D eigenvalue weighted by Gasteiger charge is -2.12. The largest absolute Gasteiger partial charge is 0.480 e.